The first kappa shape index (κ1) is 77.6. The van der Waals surface area contributed by atoms with Crippen LogP contribution in [0.3, 0.4) is 0 Å². The molecule has 0 spiro atoms. The minimum Gasteiger partial charge on any atom is -0.309 e. The number of aromatic nitrogens is 10. The van der Waals surface area contributed by atoms with E-state index in [9.17, 15) is 0 Å². The van der Waals surface area contributed by atoms with E-state index in [4.69, 9.17) is 29.9 Å². The van der Waals surface area contributed by atoms with E-state index < -0.39 is 0 Å². The summed E-state index contributed by atoms with van der Waals surface area (Å²) in [5.74, 6) is 3.87. The Kier molecular flexibility index (Phi) is 18.1. The number of hydrogen-bond donors (Lipinski definition) is 0. The molecule has 28 aromatic rings. The molecule has 10 heteroatoms. The summed E-state index contributed by atoms with van der Waals surface area (Å²) in [7, 11) is 0. The predicted molar refractivity (Wildman–Crippen MR) is 566 cm³/mol. The van der Waals surface area contributed by atoms with Crippen molar-refractivity contribution in [3.63, 3.8) is 0 Å². The van der Waals surface area contributed by atoms with Gasteiger partial charge >= 0.3 is 0 Å². The van der Waals surface area contributed by atoms with Crippen LogP contribution in [0.1, 0.15) is 0 Å². The van der Waals surface area contributed by atoms with Crippen LogP contribution in [0.2, 0.25) is 0 Å². The fraction of sp³-hybridized carbons (Fsp3) is 0. The number of rotatable bonds is 12. The van der Waals surface area contributed by atoms with Crippen molar-refractivity contribution in [3.8, 4) is 113 Å². The predicted octanol–water partition coefficient (Wildman–Crippen LogP) is 32.4. The fourth-order valence-electron chi connectivity index (χ4n) is 21.2. The number of hydrogen-bond acceptors (Lipinski definition) is 6. The number of fused-ring (bicyclic) bond motifs is 24. The fourth-order valence-corrected chi connectivity index (χ4v) is 21.2. The topological polar surface area (TPSA) is 97.1 Å². The average Bonchev–Trinajstić information content (AvgIpc) is 1.13. The lowest BCUT2D eigenvalue weighted by Gasteiger charge is -2.15. The molecule has 0 bridgehead atoms. The van der Waals surface area contributed by atoms with Crippen LogP contribution in [0.25, 0.3) is 265 Å². The Hall–Kier alpha value is -18.4. The lowest BCUT2D eigenvalue weighted by atomic mass is 9.93. The van der Waals surface area contributed by atoms with Gasteiger partial charge in [-0.15, -0.1) is 0 Å². The van der Waals surface area contributed by atoms with Crippen molar-refractivity contribution in [1.82, 2.24) is 48.2 Å². The van der Waals surface area contributed by atoms with E-state index in [2.05, 4.69) is 394 Å². The molecule has 0 aliphatic heterocycles. The van der Waals surface area contributed by atoms with Gasteiger partial charge in [0.2, 0.25) is 0 Å². The minimum absolute atomic E-state index is 0.636. The molecule has 0 amide bonds. The maximum Gasteiger partial charge on any atom is 0.164 e. The van der Waals surface area contributed by atoms with Crippen LogP contribution in [-0.2, 0) is 0 Å². The van der Waals surface area contributed by atoms with E-state index in [1.807, 2.05) is 97.1 Å². The van der Waals surface area contributed by atoms with Gasteiger partial charge in [-0.25, -0.2) is 29.9 Å². The molecule has 22 aromatic carbocycles. The van der Waals surface area contributed by atoms with Gasteiger partial charge in [0.15, 0.2) is 34.9 Å². The van der Waals surface area contributed by atoms with Gasteiger partial charge in [-0.3, -0.25) is 0 Å². The highest BCUT2D eigenvalue weighted by atomic mass is 15.1. The highest BCUT2D eigenvalue weighted by molar-refractivity contribution is 6.28. The summed E-state index contributed by atoms with van der Waals surface area (Å²) in [6, 6.07) is 170. The molecule has 6 heterocycles. The van der Waals surface area contributed by atoms with E-state index in [1.165, 1.54) is 158 Å². The Morgan fingerprint density at radius 3 is 0.581 bits per heavy atom. The molecule has 10 nitrogen and oxygen atoms in total. The van der Waals surface area contributed by atoms with Crippen molar-refractivity contribution in [2.45, 2.75) is 0 Å². The molecule has 0 saturated heterocycles. The molecule has 0 N–H and O–H groups in total. The summed E-state index contributed by atoms with van der Waals surface area (Å²) in [5.41, 5.74) is 24.5. The van der Waals surface area contributed by atoms with Crippen LogP contribution in [0, 0.1) is 0 Å². The Balaban J connectivity index is 0.000000138. The SMILES string of the molecule is c1ccc(-c2nc(-c3ccccc3)nc(-c3ccc4c5ccc(-n6c7ccccc7c7cc(-c8ccc9c(c8)c8ccccc8n9-c8ccccc8)ccc76)cc5c5ccccc5c4c3)n2)cc1.c1ccc(-c2nc(-c3ccccc3)nc(-c3ccc4c5ccccc5c5ccc(-n6c7ccccc7c7cc(-c8ccc9c(c8)c8ccccc8n9-c8ccccc8)ccc76)cc5c4c3)n2)cc1. The standard InChI is InChI=1S/2C63H39N5/c1-4-16-40(17-5-1)61-64-62(41-18-6-2-7-19-41)66-63(65-61)44-28-32-49-50-33-31-46(39-54(50)48-23-11-10-22-47(48)53(49)38-44)68-58-27-15-13-25-52(58)56-37-43(30-35-60(56)68)42-29-34-59-55(36-42)51-24-12-14-26-57(51)67(59)45-20-8-3-9-21-45;1-4-16-40(17-5-1)61-64-62(41-18-6-2-7-19-41)66-63(65-61)44-28-32-49-47-22-10-11-23-48(47)50-33-31-46(39-54(50)53(49)38-44)68-58-27-15-13-25-52(58)56-37-43(30-35-60(56)68)42-29-34-59-55(36-42)51-24-12-14-26-57(51)67(59)45-20-8-3-9-21-45/h2*1-39H. The molecule has 0 radical (unpaired) electrons. The lowest BCUT2D eigenvalue weighted by molar-refractivity contribution is 1.07. The molecule has 632 valence electrons. The van der Waals surface area contributed by atoms with Crippen molar-refractivity contribution in [2.24, 2.45) is 0 Å². The van der Waals surface area contributed by atoms with Crippen molar-refractivity contribution >= 4 is 152 Å². The summed E-state index contributed by atoms with van der Waals surface area (Å²) in [6.45, 7) is 0. The van der Waals surface area contributed by atoms with Crippen molar-refractivity contribution in [2.75, 3.05) is 0 Å². The van der Waals surface area contributed by atoms with Gasteiger partial charge in [-0.2, -0.15) is 0 Å². The molecule has 0 aliphatic carbocycles. The quantitative estimate of drug-likeness (QED) is 0.113. The number of para-hydroxylation sites is 6. The summed E-state index contributed by atoms with van der Waals surface area (Å²) in [4.78, 5) is 30.3. The van der Waals surface area contributed by atoms with Crippen LogP contribution < -0.4 is 0 Å². The second-order valence-corrected chi connectivity index (χ2v) is 35.2. The van der Waals surface area contributed by atoms with E-state index in [0.29, 0.717) is 34.9 Å². The molecule has 0 saturated carbocycles. The molecule has 136 heavy (non-hydrogen) atoms. The van der Waals surface area contributed by atoms with Crippen molar-refractivity contribution in [3.05, 3.63) is 473 Å². The largest absolute Gasteiger partial charge is 0.309 e. The monoisotopic (exact) mass is 1730 g/mol. The highest BCUT2D eigenvalue weighted by Crippen LogP contribution is 2.47. The maximum atomic E-state index is 5.12. The third kappa shape index (κ3) is 12.9. The highest BCUT2D eigenvalue weighted by Gasteiger charge is 2.25. The summed E-state index contributed by atoms with van der Waals surface area (Å²) in [6.07, 6.45) is 0. The van der Waals surface area contributed by atoms with Gasteiger partial charge < -0.3 is 18.3 Å². The zero-order valence-electron chi connectivity index (χ0n) is 73.5. The zero-order valence-corrected chi connectivity index (χ0v) is 73.5. The minimum atomic E-state index is 0.636. The summed E-state index contributed by atoms with van der Waals surface area (Å²) in [5, 5.41) is 24.2. The van der Waals surface area contributed by atoms with E-state index in [-0.39, 0.29) is 0 Å². The van der Waals surface area contributed by atoms with Crippen molar-refractivity contribution in [1.29, 1.82) is 0 Å². The molecule has 0 aliphatic rings. The third-order valence-corrected chi connectivity index (χ3v) is 27.5. The van der Waals surface area contributed by atoms with Gasteiger partial charge in [-0.05, 0) is 220 Å². The summed E-state index contributed by atoms with van der Waals surface area (Å²) >= 11 is 0. The van der Waals surface area contributed by atoms with Crippen LogP contribution in [-0.4, -0.2) is 48.2 Å². The Bertz CT molecular complexity index is 9580. The Morgan fingerprint density at radius 2 is 0.287 bits per heavy atom. The zero-order chi connectivity index (χ0) is 89.4. The average molecular weight is 1730 g/mol. The van der Waals surface area contributed by atoms with Gasteiger partial charge in [0.25, 0.3) is 0 Å². The molecule has 28 rings (SSSR count). The molecular weight excluding hydrogens is 1650 g/mol. The van der Waals surface area contributed by atoms with Gasteiger partial charge in [0.05, 0.1) is 44.1 Å². The van der Waals surface area contributed by atoms with Crippen molar-refractivity contribution < 1.29 is 0 Å². The van der Waals surface area contributed by atoms with E-state index >= 15 is 0 Å². The van der Waals surface area contributed by atoms with Crippen LogP contribution in [0.15, 0.2) is 473 Å². The Labute approximate surface area is 781 Å². The van der Waals surface area contributed by atoms with Crippen LogP contribution in [0.5, 0.6) is 0 Å². The number of benzene rings is 22. The maximum absolute atomic E-state index is 5.12. The van der Waals surface area contributed by atoms with Gasteiger partial charge in [0, 0.05) is 99.2 Å². The van der Waals surface area contributed by atoms with E-state index in [1.54, 1.807) is 0 Å². The first-order chi connectivity index (χ1) is 67.4. The van der Waals surface area contributed by atoms with Crippen LogP contribution in [0.4, 0.5) is 0 Å². The first-order valence-electron chi connectivity index (χ1n) is 46.2. The summed E-state index contributed by atoms with van der Waals surface area (Å²) < 4.78 is 9.61. The molecule has 6 aromatic heterocycles. The first-order valence-corrected chi connectivity index (χ1v) is 46.2. The van der Waals surface area contributed by atoms with E-state index in [0.717, 1.165) is 72.4 Å². The Morgan fingerprint density at radius 1 is 0.103 bits per heavy atom. The second-order valence-electron chi connectivity index (χ2n) is 35.2. The number of nitrogens with zero attached hydrogens (tertiary/aromatic N) is 10. The normalized spacial score (nSPS) is 11.8. The molecule has 0 atom stereocenters. The lowest BCUT2D eigenvalue weighted by Crippen LogP contribution is -2.00. The molecule has 0 unspecified atom stereocenters. The molecule has 0 fully saturated rings. The molecular formula is C126H78N10. The smallest absolute Gasteiger partial charge is 0.164 e. The van der Waals surface area contributed by atoms with Gasteiger partial charge in [0.1, 0.15) is 0 Å². The third-order valence-electron chi connectivity index (χ3n) is 27.5. The van der Waals surface area contributed by atoms with Crippen LogP contribution >= 0.6 is 0 Å². The van der Waals surface area contributed by atoms with Gasteiger partial charge in [-0.1, -0.05) is 340 Å². The second kappa shape index (κ2) is 31.7.